The molecular formula is C36H38Cl2HfSi-2. The molecule has 0 atom stereocenters. The van der Waals surface area contributed by atoms with E-state index in [0.717, 1.165) is 9.52 Å². The quantitative estimate of drug-likeness (QED) is 0.122. The summed E-state index contributed by atoms with van der Waals surface area (Å²) in [5, 5.41) is 5.39. The Hall–Kier alpha value is -2.23. The van der Waals surface area contributed by atoms with Crippen molar-refractivity contribution < 1.29 is 25.8 Å². The monoisotopic (exact) mass is 748 g/mol. The standard InChI is InChI=1S/2C17H15.C2H6Si.2ClH.Hf/c2*1-12-10-14-7-5-9-16(17(14)11-12)15-8-4-3-6-13(15)2;1-3-2;;;/h2*3-11H,1-2H3;1-2H3;2*1H;/q2*-1;;;;. The largest absolute Gasteiger partial charge is 0.165 e. The molecule has 0 fully saturated rings. The van der Waals surface area contributed by atoms with Crippen LogP contribution < -0.4 is 0 Å². The van der Waals surface area contributed by atoms with Crippen LogP contribution in [0, 0.1) is 27.7 Å². The summed E-state index contributed by atoms with van der Waals surface area (Å²) in [6.45, 7) is 13.0. The van der Waals surface area contributed by atoms with Crippen LogP contribution in [0.1, 0.15) is 22.3 Å². The molecule has 0 aliphatic carbocycles. The normalized spacial score (nSPS) is 9.75. The third kappa shape index (κ3) is 8.39. The molecule has 4 heteroatoms. The maximum absolute atomic E-state index is 2.27. The zero-order chi connectivity index (χ0) is 26.4. The number of hydrogen-bond donors (Lipinski definition) is 0. The molecular weight excluding hydrogens is 710 g/mol. The molecule has 0 saturated heterocycles. The summed E-state index contributed by atoms with van der Waals surface area (Å²) in [4.78, 5) is 0. The number of benzene rings is 4. The van der Waals surface area contributed by atoms with E-state index in [4.69, 9.17) is 0 Å². The zero-order valence-electron chi connectivity index (χ0n) is 24.2. The van der Waals surface area contributed by atoms with Crippen LogP contribution in [0.25, 0.3) is 43.8 Å². The van der Waals surface area contributed by atoms with Crippen molar-refractivity contribution in [1.82, 2.24) is 0 Å². The van der Waals surface area contributed by atoms with Crippen molar-refractivity contribution in [2.45, 2.75) is 40.8 Å². The van der Waals surface area contributed by atoms with Gasteiger partial charge in [-0.25, -0.2) is 0 Å². The van der Waals surface area contributed by atoms with E-state index in [-0.39, 0.29) is 50.7 Å². The van der Waals surface area contributed by atoms with Crippen molar-refractivity contribution in [3.8, 4) is 22.3 Å². The molecule has 0 aliphatic rings. The van der Waals surface area contributed by atoms with Crippen LogP contribution >= 0.6 is 24.8 Å². The van der Waals surface area contributed by atoms with Gasteiger partial charge in [-0.1, -0.05) is 98.7 Å². The van der Waals surface area contributed by atoms with E-state index in [1.165, 1.54) is 66.1 Å². The molecule has 6 aromatic carbocycles. The maximum atomic E-state index is 2.27. The summed E-state index contributed by atoms with van der Waals surface area (Å²) >= 11 is 0. The van der Waals surface area contributed by atoms with Crippen molar-refractivity contribution in [3.05, 3.63) is 131 Å². The van der Waals surface area contributed by atoms with Crippen LogP contribution in [-0.2, 0) is 25.8 Å². The van der Waals surface area contributed by atoms with Crippen molar-refractivity contribution >= 4 is 55.9 Å². The summed E-state index contributed by atoms with van der Waals surface area (Å²) in [6, 6.07) is 39.3. The second-order valence-electron chi connectivity index (χ2n) is 9.81. The second kappa shape index (κ2) is 16.9. The zero-order valence-corrected chi connectivity index (χ0v) is 30.4. The second-order valence-corrected chi connectivity index (χ2v) is 10.8. The number of rotatable bonds is 2. The van der Waals surface area contributed by atoms with Gasteiger partial charge in [0.25, 0.3) is 0 Å². The summed E-state index contributed by atoms with van der Waals surface area (Å²) in [5.41, 5.74) is 10.7. The van der Waals surface area contributed by atoms with Gasteiger partial charge in [0.1, 0.15) is 0 Å². The van der Waals surface area contributed by atoms with Crippen LogP contribution in [0.5, 0.6) is 0 Å². The maximum Gasteiger partial charge on any atom is 0.0307 e. The fourth-order valence-corrected chi connectivity index (χ4v) is 4.99. The third-order valence-corrected chi connectivity index (χ3v) is 6.66. The van der Waals surface area contributed by atoms with Gasteiger partial charge in [0.05, 0.1) is 0 Å². The Kier molecular flexibility index (Phi) is 15.1. The van der Waals surface area contributed by atoms with E-state index in [2.05, 4.69) is 150 Å². The van der Waals surface area contributed by atoms with E-state index in [9.17, 15) is 0 Å². The summed E-state index contributed by atoms with van der Waals surface area (Å²) in [7, 11) is 1.08. The first-order valence-electron chi connectivity index (χ1n) is 13.0. The minimum absolute atomic E-state index is 0. The van der Waals surface area contributed by atoms with Gasteiger partial charge in [-0.2, -0.15) is 12.1 Å². The van der Waals surface area contributed by atoms with Crippen LogP contribution in [0.4, 0.5) is 0 Å². The topological polar surface area (TPSA) is 0 Å². The molecule has 0 heterocycles. The molecule has 0 spiro atoms. The number of hydrogen-bond acceptors (Lipinski definition) is 0. The minimum atomic E-state index is 0. The molecule has 0 bridgehead atoms. The van der Waals surface area contributed by atoms with Crippen molar-refractivity contribution in [3.63, 3.8) is 0 Å². The van der Waals surface area contributed by atoms with E-state index >= 15 is 0 Å². The Labute approximate surface area is 274 Å². The molecule has 0 saturated carbocycles. The first-order chi connectivity index (χ1) is 17.9. The molecule has 6 aromatic rings. The average Bonchev–Trinajstić information content (AvgIpc) is 3.46. The molecule has 0 unspecified atom stereocenters. The van der Waals surface area contributed by atoms with Gasteiger partial charge in [-0.15, -0.1) is 93.9 Å². The average molecular weight is 748 g/mol. The van der Waals surface area contributed by atoms with Gasteiger partial charge in [0, 0.05) is 35.4 Å². The number of halogens is 2. The Morgan fingerprint density at radius 2 is 0.800 bits per heavy atom. The molecule has 206 valence electrons. The van der Waals surface area contributed by atoms with Crippen LogP contribution in [0.15, 0.2) is 109 Å². The van der Waals surface area contributed by atoms with Crippen molar-refractivity contribution in [1.29, 1.82) is 0 Å². The number of fused-ring (bicyclic) bond motifs is 2. The van der Waals surface area contributed by atoms with Crippen molar-refractivity contribution in [2.24, 2.45) is 0 Å². The molecule has 40 heavy (non-hydrogen) atoms. The van der Waals surface area contributed by atoms with Crippen molar-refractivity contribution in [2.75, 3.05) is 0 Å². The van der Waals surface area contributed by atoms with Crippen LogP contribution in [0.3, 0.4) is 0 Å². The summed E-state index contributed by atoms with van der Waals surface area (Å²) in [6.07, 6.45) is 0. The Bertz CT molecular complexity index is 1510. The van der Waals surface area contributed by atoms with Crippen LogP contribution in [0.2, 0.25) is 13.1 Å². The molecule has 6 rings (SSSR count). The molecule has 0 aliphatic heterocycles. The number of aryl methyl sites for hydroxylation is 4. The smallest absolute Gasteiger partial charge is 0.0307 e. The molecule has 0 N–H and O–H groups in total. The van der Waals surface area contributed by atoms with E-state index in [0.29, 0.717) is 0 Å². The predicted molar refractivity (Wildman–Crippen MR) is 181 cm³/mol. The summed E-state index contributed by atoms with van der Waals surface area (Å²) in [5.74, 6) is 0. The predicted octanol–water partition coefficient (Wildman–Crippen LogP) is 11.3. The van der Waals surface area contributed by atoms with Gasteiger partial charge >= 0.3 is 0 Å². The molecule has 0 amide bonds. The van der Waals surface area contributed by atoms with Gasteiger partial charge in [-0.3, -0.25) is 0 Å². The molecule has 2 radical (unpaired) electrons. The fraction of sp³-hybridized carbons (Fsp3) is 0.167. The Morgan fingerprint density at radius 1 is 0.475 bits per heavy atom. The van der Waals surface area contributed by atoms with Gasteiger partial charge < -0.3 is 0 Å². The van der Waals surface area contributed by atoms with Crippen LogP contribution in [-0.4, -0.2) is 9.52 Å². The molecule has 0 aromatic heterocycles. The fourth-order valence-electron chi connectivity index (χ4n) is 4.99. The summed E-state index contributed by atoms with van der Waals surface area (Å²) < 4.78 is 0. The SMILES string of the molecule is C[Si]C.Cc1cc2c(-c3ccccc3C)cccc2[cH-]1.Cc1cc2c(-c3ccccc3C)cccc2[cH-]1.Cl.Cl.[Hf]. The molecule has 0 nitrogen and oxygen atoms in total. The van der Waals surface area contributed by atoms with Gasteiger partial charge in [0.15, 0.2) is 0 Å². The Balaban J connectivity index is 0.000000341. The van der Waals surface area contributed by atoms with E-state index in [1.807, 2.05) is 0 Å². The third-order valence-electron chi connectivity index (χ3n) is 6.66. The van der Waals surface area contributed by atoms with E-state index in [1.54, 1.807) is 0 Å². The minimum Gasteiger partial charge on any atom is -0.165 e. The first kappa shape index (κ1) is 35.8. The Morgan fingerprint density at radius 3 is 1.15 bits per heavy atom. The first-order valence-corrected chi connectivity index (χ1v) is 15.0. The van der Waals surface area contributed by atoms with E-state index < -0.39 is 0 Å². The van der Waals surface area contributed by atoms with Gasteiger partial charge in [0.2, 0.25) is 0 Å². The van der Waals surface area contributed by atoms with Gasteiger partial charge in [-0.05, 0) is 36.1 Å².